The SMILES string of the molecule is COc1cccc(F)c1C(=O)N1CCN(CC#N)CC1. The average Bonchev–Trinajstić information content (AvgIpc) is 2.47. The zero-order valence-corrected chi connectivity index (χ0v) is 11.3. The van der Waals surface area contributed by atoms with Crippen LogP contribution in [-0.4, -0.2) is 55.5 Å². The summed E-state index contributed by atoms with van der Waals surface area (Å²) in [5.74, 6) is -0.695. The Bertz CT molecular complexity index is 534. The van der Waals surface area contributed by atoms with Crippen molar-refractivity contribution in [2.24, 2.45) is 0 Å². The number of hydrogen-bond donors (Lipinski definition) is 0. The smallest absolute Gasteiger partial charge is 0.260 e. The molecule has 1 amide bonds. The van der Waals surface area contributed by atoms with E-state index in [1.54, 1.807) is 11.0 Å². The Hall–Kier alpha value is -2.13. The van der Waals surface area contributed by atoms with E-state index in [9.17, 15) is 9.18 Å². The quantitative estimate of drug-likeness (QED) is 0.777. The summed E-state index contributed by atoms with van der Waals surface area (Å²) >= 11 is 0. The molecule has 0 saturated carbocycles. The van der Waals surface area contributed by atoms with E-state index in [4.69, 9.17) is 10.00 Å². The van der Waals surface area contributed by atoms with Crippen LogP contribution in [0.4, 0.5) is 4.39 Å². The maximum Gasteiger partial charge on any atom is 0.260 e. The molecule has 0 spiro atoms. The molecule has 0 atom stereocenters. The van der Waals surface area contributed by atoms with Crippen LogP contribution in [0.1, 0.15) is 10.4 Å². The van der Waals surface area contributed by atoms with Crippen LogP contribution in [0.3, 0.4) is 0 Å². The Labute approximate surface area is 117 Å². The number of amides is 1. The van der Waals surface area contributed by atoms with Gasteiger partial charge in [-0.05, 0) is 12.1 Å². The number of rotatable bonds is 3. The van der Waals surface area contributed by atoms with Gasteiger partial charge in [0.15, 0.2) is 0 Å². The molecule has 106 valence electrons. The molecule has 5 nitrogen and oxygen atoms in total. The molecule has 0 aliphatic carbocycles. The molecule has 1 aliphatic rings. The van der Waals surface area contributed by atoms with Gasteiger partial charge < -0.3 is 9.64 Å². The molecule has 6 heteroatoms. The van der Waals surface area contributed by atoms with E-state index >= 15 is 0 Å². The maximum atomic E-state index is 13.9. The summed E-state index contributed by atoms with van der Waals surface area (Å²) in [6, 6.07) is 6.42. The molecule has 0 bridgehead atoms. The first-order chi connectivity index (χ1) is 9.67. The van der Waals surface area contributed by atoms with E-state index in [2.05, 4.69) is 6.07 Å². The van der Waals surface area contributed by atoms with Crippen LogP contribution in [0.15, 0.2) is 18.2 Å². The summed E-state index contributed by atoms with van der Waals surface area (Å²) in [5, 5.41) is 8.64. The Balaban J connectivity index is 2.12. The summed E-state index contributed by atoms with van der Waals surface area (Å²) < 4.78 is 18.9. The summed E-state index contributed by atoms with van der Waals surface area (Å²) in [6.45, 7) is 2.56. The van der Waals surface area contributed by atoms with Crippen molar-refractivity contribution < 1.29 is 13.9 Å². The van der Waals surface area contributed by atoms with Crippen LogP contribution in [0.25, 0.3) is 0 Å². The van der Waals surface area contributed by atoms with Crippen molar-refractivity contribution in [3.8, 4) is 11.8 Å². The number of benzene rings is 1. The summed E-state index contributed by atoms with van der Waals surface area (Å²) in [7, 11) is 1.41. The number of halogens is 1. The van der Waals surface area contributed by atoms with E-state index in [1.807, 2.05) is 4.90 Å². The van der Waals surface area contributed by atoms with Gasteiger partial charge in [-0.15, -0.1) is 0 Å². The largest absolute Gasteiger partial charge is 0.496 e. The number of piperazine rings is 1. The molecule has 0 unspecified atom stereocenters. The highest BCUT2D eigenvalue weighted by atomic mass is 19.1. The Morgan fingerprint density at radius 2 is 2.10 bits per heavy atom. The van der Waals surface area contributed by atoms with Crippen LogP contribution in [0, 0.1) is 17.1 Å². The molecular formula is C14H16FN3O2. The maximum absolute atomic E-state index is 13.9. The van der Waals surface area contributed by atoms with Gasteiger partial charge in [0, 0.05) is 26.2 Å². The second kappa shape index (κ2) is 6.35. The first kappa shape index (κ1) is 14.3. The fourth-order valence-electron chi connectivity index (χ4n) is 2.25. The van der Waals surface area contributed by atoms with E-state index in [0.717, 1.165) is 0 Å². The topological polar surface area (TPSA) is 56.6 Å². The second-order valence-corrected chi connectivity index (χ2v) is 4.54. The third-order valence-corrected chi connectivity index (χ3v) is 3.36. The molecule has 2 rings (SSSR count). The lowest BCUT2D eigenvalue weighted by Gasteiger charge is -2.33. The van der Waals surface area contributed by atoms with Crippen LogP contribution in [0.2, 0.25) is 0 Å². The van der Waals surface area contributed by atoms with Crippen molar-refractivity contribution in [2.45, 2.75) is 0 Å². The standard InChI is InChI=1S/C14H16FN3O2/c1-20-12-4-2-3-11(15)13(12)14(19)18-9-7-17(6-5-16)8-10-18/h2-4H,6-10H2,1H3. The molecule has 1 aliphatic heterocycles. The third-order valence-electron chi connectivity index (χ3n) is 3.36. The molecule has 1 fully saturated rings. The molecule has 1 saturated heterocycles. The average molecular weight is 277 g/mol. The Kier molecular flexibility index (Phi) is 4.53. The van der Waals surface area contributed by atoms with E-state index in [-0.39, 0.29) is 17.2 Å². The van der Waals surface area contributed by atoms with Crippen molar-refractivity contribution >= 4 is 5.91 Å². The predicted molar refractivity (Wildman–Crippen MR) is 70.9 cm³/mol. The lowest BCUT2D eigenvalue weighted by atomic mass is 10.1. The van der Waals surface area contributed by atoms with Crippen molar-refractivity contribution in [3.05, 3.63) is 29.6 Å². The first-order valence-electron chi connectivity index (χ1n) is 6.38. The van der Waals surface area contributed by atoms with Crippen LogP contribution < -0.4 is 4.74 Å². The molecule has 0 aromatic heterocycles. The van der Waals surface area contributed by atoms with Gasteiger partial charge in [0.25, 0.3) is 5.91 Å². The monoisotopic (exact) mass is 277 g/mol. The zero-order valence-electron chi connectivity index (χ0n) is 11.3. The fourth-order valence-corrected chi connectivity index (χ4v) is 2.25. The molecule has 20 heavy (non-hydrogen) atoms. The summed E-state index contributed by atoms with van der Waals surface area (Å²) in [6.07, 6.45) is 0. The number of nitrogens with zero attached hydrogens (tertiary/aromatic N) is 3. The lowest BCUT2D eigenvalue weighted by molar-refractivity contribution is 0.0643. The predicted octanol–water partition coefficient (Wildman–Crippen LogP) is 1.12. The van der Waals surface area contributed by atoms with Gasteiger partial charge in [-0.3, -0.25) is 9.69 Å². The Morgan fingerprint density at radius 3 is 2.70 bits per heavy atom. The lowest BCUT2D eigenvalue weighted by Crippen LogP contribution is -2.48. The normalized spacial score (nSPS) is 15.8. The van der Waals surface area contributed by atoms with Crippen LogP contribution >= 0.6 is 0 Å². The minimum atomic E-state index is -0.575. The van der Waals surface area contributed by atoms with Gasteiger partial charge in [-0.2, -0.15) is 5.26 Å². The van der Waals surface area contributed by atoms with Crippen LogP contribution in [0.5, 0.6) is 5.75 Å². The minimum absolute atomic E-state index is 0.0243. The number of carbonyl (C=O) groups is 1. The zero-order chi connectivity index (χ0) is 14.5. The van der Waals surface area contributed by atoms with Gasteiger partial charge >= 0.3 is 0 Å². The van der Waals surface area contributed by atoms with E-state index in [0.29, 0.717) is 32.7 Å². The highest BCUT2D eigenvalue weighted by Crippen LogP contribution is 2.23. The van der Waals surface area contributed by atoms with Gasteiger partial charge in [0.05, 0.1) is 19.7 Å². The van der Waals surface area contributed by atoms with Gasteiger partial charge in [-0.1, -0.05) is 6.07 Å². The summed E-state index contributed by atoms with van der Waals surface area (Å²) in [4.78, 5) is 15.9. The third kappa shape index (κ3) is 2.89. The van der Waals surface area contributed by atoms with Crippen molar-refractivity contribution in [3.63, 3.8) is 0 Å². The number of hydrogen-bond acceptors (Lipinski definition) is 4. The molecular weight excluding hydrogens is 261 g/mol. The molecule has 0 N–H and O–H groups in total. The van der Waals surface area contributed by atoms with Gasteiger partial charge in [0.2, 0.25) is 0 Å². The van der Waals surface area contributed by atoms with E-state index < -0.39 is 5.82 Å². The van der Waals surface area contributed by atoms with Gasteiger partial charge in [0.1, 0.15) is 17.1 Å². The molecule has 0 radical (unpaired) electrons. The fraction of sp³-hybridized carbons (Fsp3) is 0.429. The van der Waals surface area contributed by atoms with Crippen molar-refractivity contribution in [2.75, 3.05) is 39.8 Å². The number of carbonyl (C=O) groups excluding carboxylic acids is 1. The number of methoxy groups -OCH3 is 1. The highest BCUT2D eigenvalue weighted by molar-refractivity contribution is 5.97. The van der Waals surface area contributed by atoms with Crippen molar-refractivity contribution in [1.29, 1.82) is 5.26 Å². The number of nitriles is 1. The second-order valence-electron chi connectivity index (χ2n) is 4.54. The van der Waals surface area contributed by atoms with Crippen molar-refractivity contribution in [1.82, 2.24) is 9.80 Å². The minimum Gasteiger partial charge on any atom is -0.496 e. The molecule has 1 aromatic rings. The van der Waals surface area contributed by atoms with Crippen LogP contribution in [-0.2, 0) is 0 Å². The van der Waals surface area contributed by atoms with E-state index in [1.165, 1.54) is 19.2 Å². The highest BCUT2D eigenvalue weighted by Gasteiger charge is 2.26. The summed E-state index contributed by atoms with van der Waals surface area (Å²) in [5.41, 5.74) is -0.0243. The number of ether oxygens (including phenoxy) is 1. The Morgan fingerprint density at radius 1 is 1.40 bits per heavy atom. The van der Waals surface area contributed by atoms with Gasteiger partial charge in [-0.25, -0.2) is 4.39 Å². The first-order valence-corrected chi connectivity index (χ1v) is 6.38. The molecule has 1 aromatic carbocycles. The molecule has 1 heterocycles.